The van der Waals surface area contributed by atoms with Crippen molar-refractivity contribution in [3.05, 3.63) is 67.8 Å². The lowest BCUT2D eigenvalue weighted by molar-refractivity contribution is 0.238. The molecule has 3 heterocycles. The third-order valence-electron chi connectivity index (χ3n) is 4.49. The zero-order valence-electron chi connectivity index (χ0n) is 14.2. The Morgan fingerprint density at radius 3 is 2.69 bits per heavy atom. The molecule has 2 aromatic heterocycles. The molecule has 0 bridgehead atoms. The van der Waals surface area contributed by atoms with Crippen LogP contribution in [0.1, 0.15) is 17.0 Å². The topological polar surface area (TPSA) is 66.8 Å². The fourth-order valence-corrected chi connectivity index (χ4v) is 3.55. The molecule has 1 aromatic carbocycles. The lowest BCUT2D eigenvalue weighted by Crippen LogP contribution is -2.35. The summed E-state index contributed by atoms with van der Waals surface area (Å²) in [4.78, 5) is 22.3. The highest BCUT2D eigenvalue weighted by atomic mass is 35.5. The van der Waals surface area contributed by atoms with E-state index in [4.69, 9.17) is 23.2 Å². The molecule has 8 heteroatoms. The van der Waals surface area contributed by atoms with E-state index in [1.165, 1.54) is 0 Å². The van der Waals surface area contributed by atoms with Gasteiger partial charge in [0.25, 0.3) is 5.56 Å². The lowest BCUT2D eigenvalue weighted by Gasteiger charge is -2.27. The van der Waals surface area contributed by atoms with Gasteiger partial charge in [-0.05, 0) is 24.3 Å². The van der Waals surface area contributed by atoms with Crippen molar-refractivity contribution in [1.29, 1.82) is 0 Å². The van der Waals surface area contributed by atoms with Crippen LogP contribution in [0, 0.1) is 0 Å². The van der Waals surface area contributed by atoms with E-state index in [9.17, 15) is 4.79 Å². The van der Waals surface area contributed by atoms with Crippen LogP contribution in [0.25, 0.3) is 11.4 Å². The standard InChI is InChI=1S/C18H17Cl2N5O/c1-24-9-14(20)16(23-24)10-25-7-6-15-13(8-25)18(26)22-17(21-15)11-2-4-12(19)5-3-11/h2-5,9H,6-8,10H2,1H3,(H,21,22,26). The Kier molecular flexibility index (Phi) is 4.56. The van der Waals surface area contributed by atoms with Gasteiger partial charge in [0.1, 0.15) is 5.82 Å². The van der Waals surface area contributed by atoms with Crippen LogP contribution < -0.4 is 5.56 Å². The molecule has 1 N–H and O–H groups in total. The van der Waals surface area contributed by atoms with Crippen LogP contribution in [0.2, 0.25) is 10.0 Å². The first-order valence-corrected chi connectivity index (χ1v) is 9.03. The Bertz CT molecular complexity index is 1010. The first-order valence-electron chi connectivity index (χ1n) is 8.28. The van der Waals surface area contributed by atoms with E-state index in [0.29, 0.717) is 40.9 Å². The Hall–Kier alpha value is -2.15. The first-order chi connectivity index (χ1) is 12.5. The van der Waals surface area contributed by atoms with Gasteiger partial charge in [0.15, 0.2) is 0 Å². The van der Waals surface area contributed by atoms with E-state index in [2.05, 4.69) is 20.0 Å². The Morgan fingerprint density at radius 2 is 2.00 bits per heavy atom. The van der Waals surface area contributed by atoms with Gasteiger partial charge in [-0.2, -0.15) is 5.10 Å². The molecule has 1 aliphatic heterocycles. The predicted octanol–water partition coefficient (Wildman–Crippen LogP) is 3.04. The molecular weight excluding hydrogens is 373 g/mol. The normalized spacial score (nSPS) is 14.4. The lowest BCUT2D eigenvalue weighted by atomic mass is 10.1. The van der Waals surface area contributed by atoms with Crippen molar-refractivity contribution in [1.82, 2.24) is 24.6 Å². The van der Waals surface area contributed by atoms with Gasteiger partial charge in [-0.3, -0.25) is 14.4 Å². The maximum absolute atomic E-state index is 12.6. The summed E-state index contributed by atoms with van der Waals surface area (Å²) in [5.74, 6) is 0.576. The SMILES string of the molecule is Cn1cc(Cl)c(CN2CCc3nc(-c4ccc(Cl)cc4)[nH]c(=O)c3C2)n1. The molecular formula is C18H17Cl2N5O. The molecule has 0 saturated carbocycles. The smallest absolute Gasteiger partial charge is 0.255 e. The molecule has 134 valence electrons. The van der Waals surface area contributed by atoms with E-state index in [1.807, 2.05) is 19.2 Å². The average Bonchev–Trinajstić information content (AvgIpc) is 2.93. The molecule has 0 atom stereocenters. The summed E-state index contributed by atoms with van der Waals surface area (Å²) < 4.78 is 1.70. The summed E-state index contributed by atoms with van der Waals surface area (Å²) in [5.41, 5.74) is 3.12. The molecule has 26 heavy (non-hydrogen) atoms. The van der Waals surface area contributed by atoms with E-state index in [1.54, 1.807) is 23.0 Å². The summed E-state index contributed by atoms with van der Waals surface area (Å²) in [7, 11) is 1.84. The molecule has 0 spiro atoms. The van der Waals surface area contributed by atoms with Crippen molar-refractivity contribution in [3.8, 4) is 11.4 Å². The second kappa shape index (κ2) is 6.87. The molecule has 0 unspecified atom stereocenters. The van der Waals surface area contributed by atoms with Crippen molar-refractivity contribution < 1.29 is 0 Å². The average molecular weight is 390 g/mol. The predicted molar refractivity (Wildman–Crippen MR) is 101 cm³/mol. The number of hydrogen-bond donors (Lipinski definition) is 1. The summed E-state index contributed by atoms with van der Waals surface area (Å²) in [5, 5.41) is 5.67. The van der Waals surface area contributed by atoms with Crippen molar-refractivity contribution in [2.24, 2.45) is 7.05 Å². The minimum absolute atomic E-state index is 0.100. The number of benzene rings is 1. The fraction of sp³-hybridized carbons (Fsp3) is 0.278. The van der Waals surface area contributed by atoms with Gasteiger partial charge in [-0.25, -0.2) is 4.98 Å². The molecule has 0 radical (unpaired) electrons. The van der Waals surface area contributed by atoms with E-state index < -0.39 is 0 Å². The van der Waals surface area contributed by atoms with Crippen LogP contribution in [-0.2, 0) is 26.6 Å². The van der Waals surface area contributed by atoms with Gasteiger partial charge in [-0.15, -0.1) is 0 Å². The third kappa shape index (κ3) is 3.40. The summed E-state index contributed by atoms with van der Waals surface area (Å²) >= 11 is 12.1. The molecule has 4 rings (SSSR count). The van der Waals surface area contributed by atoms with Gasteiger partial charge in [0.05, 0.1) is 22.0 Å². The minimum Gasteiger partial charge on any atom is -0.306 e. The number of fused-ring (bicyclic) bond motifs is 1. The number of rotatable bonds is 3. The second-order valence-electron chi connectivity index (χ2n) is 6.40. The van der Waals surface area contributed by atoms with Crippen LogP contribution in [0.4, 0.5) is 0 Å². The van der Waals surface area contributed by atoms with Crippen LogP contribution in [0.5, 0.6) is 0 Å². The van der Waals surface area contributed by atoms with E-state index in [0.717, 1.165) is 23.5 Å². The van der Waals surface area contributed by atoms with Crippen LogP contribution in [0.15, 0.2) is 35.3 Å². The highest BCUT2D eigenvalue weighted by Gasteiger charge is 2.23. The zero-order chi connectivity index (χ0) is 18.3. The minimum atomic E-state index is -0.100. The van der Waals surface area contributed by atoms with Crippen LogP contribution in [0.3, 0.4) is 0 Å². The monoisotopic (exact) mass is 389 g/mol. The van der Waals surface area contributed by atoms with Crippen molar-refractivity contribution in [2.75, 3.05) is 6.54 Å². The van der Waals surface area contributed by atoms with Crippen molar-refractivity contribution >= 4 is 23.2 Å². The van der Waals surface area contributed by atoms with Crippen LogP contribution in [-0.4, -0.2) is 31.2 Å². The van der Waals surface area contributed by atoms with E-state index >= 15 is 0 Å². The third-order valence-corrected chi connectivity index (χ3v) is 5.06. The molecule has 1 aliphatic rings. The van der Waals surface area contributed by atoms with E-state index in [-0.39, 0.29) is 5.56 Å². The summed E-state index contributed by atoms with van der Waals surface area (Å²) in [6.07, 6.45) is 2.49. The molecule has 0 fully saturated rings. The highest BCUT2D eigenvalue weighted by Crippen LogP contribution is 2.22. The molecule has 6 nitrogen and oxygen atoms in total. The Balaban J connectivity index is 1.59. The van der Waals surface area contributed by atoms with Gasteiger partial charge >= 0.3 is 0 Å². The molecule has 0 amide bonds. The van der Waals surface area contributed by atoms with Crippen molar-refractivity contribution in [3.63, 3.8) is 0 Å². The maximum atomic E-state index is 12.6. The van der Waals surface area contributed by atoms with Gasteiger partial charge < -0.3 is 4.98 Å². The Morgan fingerprint density at radius 1 is 1.23 bits per heavy atom. The molecule has 0 saturated heterocycles. The van der Waals surface area contributed by atoms with Gasteiger partial charge in [0.2, 0.25) is 0 Å². The number of aryl methyl sites for hydroxylation is 1. The van der Waals surface area contributed by atoms with Gasteiger partial charge in [-0.1, -0.05) is 23.2 Å². The highest BCUT2D eigenvalue weighted by molar-refractivity contribution is 6.31. The zero-order valence-corrected chi connectivity index (χ0v) is 15.7. The number of aromatic nitrogens is 4. The maximum Gasteiger partial charge on any atom is 0.255 e. The summed E-state index contributed by atoms with van der Waals surface area (Å²) in [6.45, 7) is 1.94. The quantitative estimate of drug-likeness (QED) is 0.747. The van der Waals surface area contributed by atoms with Crippen molar-refractivity contribution in [2.45, 2.75) is 19.5 Å². The van der Waals surface area contributed by atoms with Gasteiger partial charge in [0, 0.05) is 49.9 Å². The fourth-order valence-electron chi connectivity index (χ4n) is 3.18. The largest absolute Gasteiger partial charge is 0.306 e. The number of nitrogens with one attached hydrogen (secondary N) is 1. The van der Waals surface area contributed by atoms with Crippen LogP contribution >= 0.6 is 23.2 Å². The first kappa shape index (κ1) is 17.3. The second-order valence-corrected chi connectivity index (χ2v) is 7.25. The molecule has 3 aromatic rings. The Labute approximate surface area is 160 Å². The number of H-pyrrole nitrogens is 1. The number of nitrogens with zero attached hydrogens (tertiary/aromatic N) is 4. The number of halogens is 2. The summed E-state index contributed by atoms with van der Waals surface area (Å²) in [6, 6.07) is 7.28. The number of aromatic amines is 1. The number of hydrogen-bond acceptors (Lipinski definition) is 4. The molecule has 0 aliphatic carbocycles.